The first-order valence-corrected chi connectivity index (χ1v) is 9.99. The highest BCUT2D eigenvalue weighted by molar-refractivity contribution is 9.10. The van der Waals surface area contributed by atoms with Crippen LogP contribution in [0.2, 0.25) is 0 Å². The van der Waals surface area contributed by atoms with Crippen LogP contribution in [0.25, 0.3) is 11.3 Å². The van der Waals surface area contributed by atoms with E-state index in [1.54, 1.807) is 11.3 Å². The standard InChI is InChI=1S/C20H22BrN3S/c1-23(2)13-6-14-24-19(16-9-11-17(21)12-10-16)15-25-20(24)22-18-7-4-3-5-8-18/h3-5,7-12,15H,6,13-14H2,1-2H3. The molecule has 130 valence electrons. The van der Waals surface area contributed by atoms with Gasteiger partial charge in [-0.15, -0.1) is 11.3 Å². The molecule has 1 heterocycles. The zero-order valence-electron chi connectivity index (χ0n) is 14.5. The van der Waals surface area contributed by atoms with Gasteiger partial charge in [0.15, 0.2) is 4.80 Å². The van der Waals surface area contributed by atoms with E-state index in [9.17, 15) is 0 Å². The zero-order valence-corrected chi connectivity index (χ0v) is 16.9. The highest BCUT2D eigenvalue weighted by Crippen LogP contribution is 2.23. The van der Waals surface area contributed by atoms with Crippen molar-refractivity contribution in [3.63, 3.8) is 0 Å². The zero-order chi connectivity index (χ0) is 17.6. The minimum atomic E-state index is 0.957. The third-order valence-corrected chi connectivity index (χ3v) is 5.30. The van der Waals surface area contributed by atoms with Crippen molar-refractivity contribution >= 4 is 33.0 Å². The molecule has 0 spiro atoms. The van der Waals surface area contributed by atoms with Gasteiger partial charge < -0.3 is 9.47 Å². The number of aromatic nitrogens is 1. The fourth-order valence-electron chi connectivity index (χ4n) is 2.64. The molecule has 0 N–H and O–H groups in total. The van der Waals surface area contributed by atoms with Gasteiger partial charge >= 0.3 is 0 Å². The van der Waals surface area contributed by atoms with Crippen molar-refractivity contribution in [3.8, 4) is 11.3 Å². The third kappa shape index (κ3) is 4.91. The summed E-state index contributed by atoms with van der Waals surface area (Å²) in [4.78, 5) is 8.13. The quantitative estimate of drug-likeness (QED) is 0.544. The van der Waals surface area contributed by atoms with Crippen molar-refractivity contribution < 1.29 is 0 Å². The molecule has 0 saturated heterocycles. The summed E-state index contributed by atoms with van der Waals surface area (Å²) < 4.78 is 3.43. The molecule has 1 aromatic heterocycles. The second kappa shape index (κ2) is 8.61. The molecule has 0 fully saturated rings. The maximum Gasteiger partial charge on any atom is 0.190 e. The molecule has 3 rings (SSSR count). The Morgan fingerprint density at radius 2 is 1.76 bits per heavy atom. The first kappa shape index (κ1) is 18.1. The normalized spacial score (nSPS) is 12.1. The Balaban J connectivity index is 2.00. The Morgan fingerprint density at radius 1 is 1.04 bits per heavy atom. The van der Waals surface area contributed by atoms with E-state index in [0.29, 0.717) is 0 Å². The van der Waals surface area contributed by atoms with E-state index >= 15 is 0 Å². The van der Waals surface area contributed by atoms with Gasteiger partial charge in [0, 0.05) is 16.4 Å². The average molecular weight is 416 g/mol. The molecule has 5 heteroatoms. The molecule has 0 radical (unpaired) electrons. The van der Waals surface area contributed by atoms with Gasteiger partial charge in [0.1, 0.15) is 0 Å². The Kier molecular flexibility index (Phi) is 6.24. The number of nitrogens with zero attached hydrogens (tertiary/aromatic N) is 3. The summed E-state index contributed by atoms with van der Waals surface area (Å²) >= 11 is 5.22. The van der Waals surface area contributed by atoms with Crippen LogP contribution in [-0.2, 0) is 6.54 Å². The third-order valence-electron chi connectivity index (χ3n) is 3.91. The number of halogens is 1. The topological polar surface area (TPSA) is 20.5 Å². The van der Waals surface area contributed by atoms with Gasteiger partial charge in [-0.25, -0.2) is 4.99 Å². The lowest BCUT2D eigenvalue weighted by Gasteiger charge is -2.12. The highest BCUT2D eigenvalue weighted by Gasteiger charge is 2.08. The molecule has 0 unspecified atom stereocenters. The van der Waals surface area contributed by atoms with Gasteiger partial charge in [0.05, 0.1) is 11.4 Å². The van der Waals surface area contributed by atoms with Crippen molar-refractivity contribution in [2.24, 2.45) is 4.99 Å². The van der Waals surface area contributed by atoms with E-state index in [0.717, 1.165) is 34.5 Å². The summed E-state index contributed by atoms with van der Waals surface area (Å²) in [6.07, 6.45) is 1.09. The number of thiazole rings is 1. The van der Waals surface area contributed by atoms with Crippen LogP contribution in [0, 0.1) is 0 Å². The fraction of sp³-hybridized carbons (Fsp3) is 0.250. The van der Waals surface area contributed by atoms with Crippen LogP contribution >= 0.6 is 27.3 Å². The van der Waals surface area contributed by atoms with Gasteiger partial charge in [-0.1, -0.05) is 46.3 Å². The summed E-state index contributed by atoms with van der Waals surface area (Å²) in [7, 11) is 4.23. The molecule has 3 aromatic rings. The predicted octanol–water partition coefficient (Wildman–Crippen LogP) is 5.16. The monoisotopic (exact) mass is 415 g/mol. The lowest BCUT2D eigenvalue weighted by Crippen LogP contribution is -2.20. The van der Waals surface area contributed by atoms with E-state index in [4.69, 9.17) is 4.99 Å². The van der Waals surface area contributed by atoms with Crippen LogP contribution < -0.4 is 4.80 Å². The molecule has 0 aliphatic heterocycles. The highest BCUT2D eigenvalue weighted by atomic mass is 79.9. The summed E-state index contributed by atoms with van der Waals surface area (Å²) in [5.74, 6) is 0. The molecule has 0 bridgehead atoms. The van der Waals surface area contributed by atoms with Crippen LogP contribution in [-0.4, -0.2) is 30.1 Å². The molecular weight excluding hydrogens is 394 g/mol. The van der Waals surface area contributed by atoms with Crippen molar-refractivity contribution in [3.05, 3.63) is 69.3 Å². The Labute approximate surface area is 161 Å². The van der Waals surface area contributed by atoms with Gasteiger partial charge in [-0.2, -0.15) is 0 Å². The minimum absolute atomic E-state index is 0.957. The summed E-state index contributed by atoms with van der Waals surface area (Å²) in [6, 6.07) is 18.6. The maximum atomic E-state index is 4.86. The second-order valence-corrected chi connectivity index (χ2v) is 7.92. The average Bonchev–Trinajstić information content (AvgIpc) is 2.99. The second-order valence-electron chi connectivity index (χ2n) is 6.17. The Bertz CT molecular complexity index is 864. The lowest BCUT2D eigenvalue weighted by molar-refractivity contribution is 0.386. The van der Waals surface area contributed by atoms with E-state index in [1.807, 2.05) is 30.3 Å². The van der Waals surface area contributed by atoms with E-state index in [-0.39, 0.29) is 0 Å². The maximum absolute atomic E-state index is 4.86. The Morgan fingerprint density at radius 3 is 2.44 bits per heavy atom. The van der Waals surface area contributed by atoms with E-state index in [2.05, 4.69) is 69.1 Å². The van der Waals surface area contributed by atoms with Crippen LogP contribution in [0.3, 0.4) is 0 Å². The molecule has 3 nitrogen and oxygen atoms in total. The van der Waals surface area contributed by atoms with Crippen LogP contribution in [0.4, 0.5) is 5.69 Å². The summed E-state index contributed by atoms with van der Waals surface area (Å²) in [5.41, 5.74) is 3.44. The predicted molar refractivity (Wildman–Crippen MR) is 110 cm³/mol. The molecule has 0 saturated carbocycles. The van der Waals surface area contributed by atoms with Gasteiger partial charge in [-0.3, -0.25) is 0 Å². The number of hydrogen-bond donors (Lipinski definition) is 0. The largest absolute Gasteiger partial charge is 0.316 e. The van der Waals surface area contributed by atoms with Crippen molar-refractivity contribution in [1.82, 2.24) is 9.47 Å². The Hall–Kier alpha value is -1.69. The number of benzene rings is 2. The molecule has 2 aromatic carbocycles. The van der Waals surface area contributed by atoms with Gasteiger partial charge in [0.25, 0.3) is 0 Å². The fourth-order valence-corrected chi connectivity index (χ4v) is 3.86. The lowest BCUT2D eigenvalue weighted by atomic mass is 10.2. The first-order chi connectivity index (χ1) is 12.1. The molecule has 0 aliphatic carbocycles. The van der Waals surface area contributed by atoms with E-state index in [1.165, 1.54) is 11.3 Å². The van der Waals surface area contributed by atoms with Crippen LogP contribution in [0.1, 0.15) is 6.42 Å². The number of hydrogen-bond acceptors (Lipinski definition) is 3. The molecule has 25 heavy (non-hydrogen) atoms. The van der Waals surface area contributed by atoms with Crippen LogP contribution in [0.15, 0.2) is 69.4 Å². The van der Waals surface area contributed by atoms with Crippen molar-refractivity contribution in [1.29, 1.82) is 0 Å². The molecule has 0 aliphatic rings. The minimum Gasteiger partial charge on any atom is -0.316 e. The van der Waals surface area contributed by atoms with Crippen molar-refractivity contribution in [2.45, 2.75) is 13.0 Å². The van der Waals surface area contributed by atoms with Crippen LogP contribution in [0.5, 0.6) is 0 Å². The van der Waals surface area contributed by atoms with Gasteiger partial charge in [-0.05, 0) is 56.9 Å². The first-order valence-electron chi connectivity index (χ1n) is 8.32. The number of para-hydroxylation sites is 1. The van der Waals surface area contributed by atoms with E-state index < -0.39 is 0 Å². The molecular formula is C20H22BrN3S. The smallest absolute Gasteiger partial charge is 0.190 e. The molecule has 0 atom stereocenters. The number of rotatable bonds is 6. The molecule has 0 amide bonds. The van der Waals surface area contributed by atoms with Crippen molar-refractivity contribution in [2.75, 3.05) is 20.6 Å². The summed E-state index contributed by atoms with van der Waals surface area (Å²) in [6.45, 7) is 2.02. The SMILES string of the molecule is CN(C)CCCn1c(-c2ccc(Br)cc2)csc1=Nc1ccccc1. The summed E-state index contributed by atoms with van der Waals surface area (Å²) in [5, 5.41) is 2.21. The van der Waals surface area contributed by atoms with Gasteiger partial charge in [0.2, 0.25) is 0 Å².